The average molecular weight is 342 g/mol. The van der Waals surface area contributed by atoms with Crippen LogP contribution in [0.5, 0.6) is 0 Å². The lowest BCUT2D eigenvalue weighted by Crippen LogP contribution is -2.42. The Bertz CT molecular complexity index is 645. The van der Waals surface area contributed by atoms with Crippen molar-refractivity contribution in [2.75, 3.05) is 31.1 Å². The average Bonchev–Trinajstić information content (AvgIpc) is 3.30. The molecule has 0 spiro atoms. The fourth-order valence-electron chi connectivity index (χ4n) is 3.78. The highest BCUT2D eigenvalue weighted by molar-refractivity contribution is 5.95. The first kappa shape index (κ1) is 16.4. The van der Waals surface area contributed by atoms with Crippen LogP contribution in [0, 0.1) is 5.92 Å². The lowest BCUT2D eigenvalue weighted by atomic mass is 9.95. The van der Waals surface area contributed by atoms with Gasteiger partial charge in [-0.25, -0.2) is 4.98 Å². The van der Waals surface area contributed by atoms with Crippen molar-refractivity contribution in [2.45, 2.75) is 44.6 Å². The summed E-state index contributed by atoms with van der Waals surface area (Å²) in [6.07, 6.45) is 7.91. The summed E-state index contributed by atoms with van der Waals surface area (Å²) in [5.74, 6) is 1.32. The van der Waals surface area contributed by atoms with E-state index in [1.54, 1.807) is 12.3 Å². The fraction of sp³-hybridized carbons (Fsp3) is 0.632. The molecular formula is C19H26N4O2. The monoisotopic (exact) mass is 342 g/mol. The van der Waals surface area contributed by atoms with E-state index < -0.39 is 0 Å². The molecule has 3 fully saturated rings. The van der Waals surface area contributed by atoms with Crippen LogP contribution >= 0.6 is 0 Å². The van der Waals surface area contributed by atoms with Gasteiger partial charge in [0.15, 0.2) is 0 Å². The highest BCUT2D eigenvalue weighted by atomic mass is 16.2. The molecule has 3 heterocycles. The van der Waals surface area contributed by atoms with Gasteiger partial charge >= 0.3 is 0 Å². The summed E-state index contributed by atoms with van der Waals surface area (Å²) in [6, 6.07) is 4.00. The van der Waals surface area contributed by atoms with Gasteiger partial charge in [0.05, 0.1) is 0 Å². The third-order valence-corrected chi connectivity index (χ3v) is 5.51. The second-order valence-electron chi connectivity index (χ2n) is 7.44. The standard InChI is InChI=1S/C19H26N4O2/c24-18(21-16-3-4-16)15-5-8-20-17(13-15)22-11-6-14(7-12-22)19(25)23-9-1-2-10-23/h5,8,13-14,16H,1-4,6-7,9-12H2,(H,21,24). The van der Waals surface area contributed by atoms with Crippen molar-refractivity contribution in [2.24, 2.45) is 5.92 Å². The molecule has 1 aromatic rings. The van der Waals surface area contributed by atoms with Gasteiger partial charge in [0, 0.05) is 49.9 Å². The quantitative estimate of drug-likeness (QED) is 0.906. The second-order valence-corrected chi connectivity index (χ2v) is 7.44. The van der Waals surface area contributed by atoms with Gasteiger partial charge in [0.2, 0.25) is 5.91 Å². The van der Waals surface area contributed by atoms with Gasteiger partial charge in [-0.3, -0.25) is 9.59 Å². The van der Waals surface area contributed by atoms with Crippen molar-refractivity contribution >= 4 is 17.6 Å². The minimum atomic E-state index is -0.00903. The van der Waals surface area contributed by atoms with E-state index in [0.29, 0.717) is 17.5 Å². The summed E-state index contributed by atoms with van der Waals surface area (Å²) in [5.41, 5.74) is 0.673. The largest absolute Gasteiger partial charge is 0.357 e. The zero-order valence-electron chi connectivity index (χ0n) is 14.6. The smallest absolute Gasteiger partial charge is 0.251 e. The minimum Gasteiger partial charge on any atom is -0.357 e. The number of carbonyl (C=O) groups is 2. The molecule has 1 N–H and O–H groups in total. The molecule has 0 unspecified atom stereocenters. The molecule has 0 aromatic carbocycles. The Morgan fingerprint density at radius 1 is 1.04 bits per heavy atom. The van der Waals surface area contributed by atoms with Gasteiger partial charge in [-0.1, -0.05) is 0 Å². The maximum absolute atomic E-state index is 12.5. The Morgan fingerprint density at radius 3 is 2.44 bits per heavy atom. The van der Waals surface area contributed by atoms with Crippen molar-refractivity contribution in [3.05, 3.63) is 23.9 Å². The zero-order valence-corrected chi connectivity index (χ0v) is 14.6. The number of nitrogens with zero attached hydrogens (tertiary/aromatic N) is 3. The maximum Gasteiger partial charge on any atom is 0.251 e. The molecule has 0 radical (unpaired) electrons. The molecule has 2 amide bonds. The van der Waals surface area contributed by atoms with Gasteiger partial charge in [-0.05, 0) is 50.7 Å². The summed E-state index contributed by atoms with van der Waals surface area (Å²) >= 11 is 0. The number of amides is 2. The number of anilines is 1. The third kappa shape index (κ3) is 3.78. The molecule has 3 aliphatic rings. The van der Waals surface area contributed by atoms with Gasteiger partial charge in [-0.2, -0.15) is 0 Å². The minimum absolute atomic E-state index is 0.00903. The SMILES string of the molecule is O=C(NC1CC1)c1ccnc(N2CCC(C(=O)N3CCCC3)CC2)c1. The molecule has 25 heavy (non-hydrogen) atoms. The van der Waals surface area contributed by atoms with Crippen molar-refractivity contribution in [3.63, 3.8) is 0 Å². The number of carbonyl (C=O) groups excluding carboxylic acids is 2. The second kappa shape index (κ2) is 7.02. The van der Waals surface area contributed by atoms with E-state index in [1.165, 1.54) is 0 Å². The molecule has 6 heteroatoms. The molecule has 6 nitrogen and oxygen atoms in total. The van der Waals surface area contributed by atoms with Crippen LogP contribution < -0.4 is 10.2 Å². The van der Waals surface area contributed by atoms with Crippen LogP contribution in [0.25, 0.3) is 0 Å². The summed E-state index contributed by atoms with van der Waals surface area (Å²) < 4.78 is 0. The van der Waals surface area contributed by atoms with E-state index in [9.17, 15) is 9.59 Å². The predicted molar refractivity (Wildman–Crippen MR) is 95.5 cm³/mol. The molecule has 1 saturated carbocycles. The number of aromatic nitrogens is 1. The molecule has 1 aliphatic carbocycles. The van der Waals surface area contributed by atoms with Crippen molar-refractivity contribution in [1.82, 2.24) is 15.2 Å². The first-order valence-electron chi connectivity index (χ1n) is 9.51. The molecule has 4 rings (SSSR count). The van der Waals surface area contributed by atoms with Gasteiger partial charge in [0.25, 0.3) is 5.91 Å². The number of hydrogen-bond donors (Lipinski definition) is 1. The number of rotatable bonds is 4. The van der Waals surface area contributed by atoms with E-state index >= 15 is 0 Å². The third-order valence-electron chi connectivity index (χ3n) is 5.51. The van der Waals surface area contributed by atoms with Crippen molar-refractivity contribution in [3.8, 4) is 0 Å². The Labute approximate surface area is 148 Å². The van der Waals surface area contributed by atoms with Crippen LogP contribution in [0.4, 0.5) is 5.82 Å². The zero-order chi connectivity index (χ0) is 17.2. The summed E-state index contributed by atoms with van der Waals surface area (Å²) in [6.45, 7) is 3.51. The Kier molecular flexibility index (Phi) is 4.59. The topological polar surface area (TPSA) is 65.5 Å². The van der Waals surface area contributed by atoms with E-state index in [0.717, 1.165) is 70.5 Å². The van der Waals surface area contributed by atoms with Gasteiger partial charge < -0.3 is 15.1 Å². The first-order valence-corrected chi connectivity index (χ1v) is 9.51. The molecule has 2 aliphatic heterocycles. The van der Waals surface area contributed by atoms with Gasteiger partial charge in [0.1, 0.15) is 5.82 Å². The van der Waals surface area contributed by atoms with Crippen LogP contribution in [-0.2, 0) is 4.79 Å². The normalized spacial score (nSPS) is 21.4. The predicted octanol–water partition coefficient (Wildman–Crippen LogP) is 1.81. The first-order chi connectivity index (χ1) is 12.2. The molecule has 1 aromatic heterocycles. The Hall–Kier alpha value is -2.11. The number of likely N-dealkylation sites (tertiary alicyclic amines) is 1. The number of pyridine rings is 1. The van der Waals surface area contributed by atoms with Crippen LogP contribution in [-0.4, -0.2) is 53.9 Å². The van der Waals surface area contributed by atoms with Crippen molar-refractivity contribution in [1.29, 1.82) is 0 Å². The lowest BCUT2D eigenvalue weighted by molar-refractivity contribution is -0.135. The number of nitrogens with one attached hydrogen (secondary N) is 1. The summed E-state index contributed by atoms with van der Waals surface area (Å²) in [5, 5.41) is 3.02. The molecule has 0 atom stereocenters. The van der Waals surface area contributed by atoms with Crippen LogP contribution in [0.15, 0.2) is 18.3 Å². The Balaban J connectivity index is 1.35. The van der Waals surface area contributed by atoms with Crippen LogP contribution in [0.1, 0.15) is 48.9 Å². The maximum atomic E-state index is 12.5. The summed E-state index contributed by atoms with van der Waals surface area (Å²) in [7, 11) is 0. The van der Waals surface area contributed by atoms with Crippen LogP contribution in [0.3, 0.4) is 0 Å². The van der Waals surface area contributed by atoms with E-state index in [2.05, 4.69) is 15.2 Å². The number of hydrogen-bond acceptors (Lipinski definition) is 4. The molecule has 2 saturated heterocycles. The highest BCUT2D eigenvalue weighted by Crippen LogP contribution is 2.25. The Morgan fingerprint density at radius 2 is 1.76 bits per heavy atom. The van der Waals surface area contributed by atoms with E-state index in [-0.39, 0.29) is 11.8 Å². The fourth-order valence-corrected chi connectivity index (χ4v) is 3.78. The summed E-state index contributed by atoms with van der Waals surface area (Å²) in [4.78, 5) is 33.4. The lowest BCUT2D eigenvalue weighted by Gasteiger charge is -2.34. The molecule has 0 bridgehead atoms. The van der Waals surface area contributed by atoms with Gasteiger partial charge in [-0.15, -0.1) is 0 Å². The molecular weight excluding hydrogens is 316 g/mol. The number of piperidine rings is 1. The van der Waals surface area contributed by atoms with Crippen molar-refractivity contribution < 1.29 is 9.59 Å². The van der Waals surface area contributed by atoms with E-state index in [4.69, 9.17) is 0 Å². The highest BCUT2D eigenvalue weighted by Gasteiger charge is 2.30. The molecule has 134 valence electrons. The van der Waals surface area contributed by atoms with Crippen LogP contribution in [0.2, 0.25) is 0 Å². The van der Waals surface area contributed by atoms with E-state index in [1.807, 2.05) is 11.0 Å².